The molecule has 0 bridgehead atoms. The van der Waals surface area contributed by atoms with Crippen LogP contribution in [0.3, 0.4) is 0 Å². The molecule has 1 aromatic heterocycles. The second kappa shape index (κ2) is 5.56. The molecule has 88 valence electrons. The van der Waals surface area contributed by atoms with Gasteiger partial charge in [0, 0.05) is 17.9 Å². The highest BCUT2D eigenvalue weighted by Crippen LogP contribution is 2.21. The van der Waals surface area contributed by atoms with Crippen LogP contribution in [-0.2, 0) is 0 Å². The van der Waals surface area contributed by atoms with Crippen LogP contribution >= 0.6 is 0 Å². The quantitative estimate of drug-likeness (QED) is 0.646. The van der Waals surface area contributed by atoms with Crippen LogP contribution in [0, 0.1) is 18.8 Å². The van der Waals surface area contributed by atoms with E-state index >= 15 is 0 Å². The van der Waals surface area contributed by atoms with Crippen molar-refractivity contribution in [2.75, 3.05) is 6.54 Å². The first-order valence-electron chi connectivity index (χ1n) is 5.99. The molecule has 2 rings (SSSR count). The topological polar surface area (TPSA) is 39.2 Å². The number of nitrogens with two attached hydrogens (primary N) is 1. The predicted molar refractivity (Wildman–Crippen MR) is 70.7 cm³/mol. The fourth-order valence-corrected chi connectivity index (χ4v) is 1.78. The number of para-hydroxylation sites is 1. The predicted octanol–water partition coefficient (Wildman–Crippen LogP) is 3.22. The highest BCUT2D eigenvalue weighted by molar-refractivity contribution is 5.81. The number of hydrogen-bond acceptors (Lipinski definition) is 2. The summed E-state index contributed by atoms with van der Waals surface area (Å²) in [6.07, 6.45) is 2.98. The van der Waals surface area contributed by atoms with Crippen LogP contribution in [0.4, 0.5) is 0 Å². The normalized spacial score (nSPS) is 10.2. The monoisotopic (exact) mass is 227 g/mol. The van der Waals surface area contributed by atoms with Gasteiger partial charge >= 0.3 is 0 Å². The molecule has 17 heavy (non-hydrogen) atoms. The van der Waals surface area contributed by atoms with Gasteiger partial charge in [0.25, 0.3) is 0 Å². The number of aryl methyl sites for hydroxylation is 1. The summed E-state index contributed by atoms with van der Waals surface area (Å²) in [5, 5.41) is 1.12. The Morgan fingerprint density at radius 2 is 2.18 bits per heavy atom. The van der Waals surface area contributed by atoms with Crippen molar-refractivity contribution >= 4 is 11.0 Å². The Balaban J connectivity index is 2.12. The summed E-state index contributed by atoms with van der Waals surface area (Å²) in [6.45, 7) is 2.79. The van der Waals surface area contributed by atoms with E-state index in [1.807, 2.05) is 31.2 Å². The summed E-state index contributed by atoms with van der Waals surface area (Å²) in [4.78, 5) is 0. The van der Waals surface area contributed by atoms with Gasteiger partial charge in [0.05, 0.1) is 0 Å². The molecule has 2 N–H and O–H groups in total. The van der Waals surface area contributed by atoms with Crippen molar-refractivity contribution in [3.63, 3.8) is 0 Å². The molecule has 0 aliphatic heterocycles. The van der Waals surface area contributed by atoms with Gasteiger partial charge in [-0.2, -0.15) is 0 Å². The van der Waals surface area contributed by atoms with Gasteiger partial charge in [-0.15, -0.1) is 0 Å². The Kier molecular flexibility index (Phi) is 3.85. The van der Waals surface area contributed by atoms with Crippen LogP contribution in [0.15, 0.2) is 28.7 Å². The highest BCUT2D eigenvalue weighted by atomic mass is 16.3. The lowest BCUT2D eigenvalue weighted by Gasteiger charge is -1.91. The van der Waals surface area contributed by atoms with Gasteiger partial charge in [-0.3, -0.25) is 0 Å². The van der Waals surface area contributed by atoms with Gasteiger partial charge < -0.3 is 10.2 Å². The smallest absolute Gasteiger partial charge is 0.178 e. The summed E-state index contributed by atoms with van der Waals surface area (Å²) in [6, 6.07) is 8.12. The fourth-order valence-electron chi connectivity index (χ4n) is 1.78. The lowest BCUT2D eigenvalue weighted by molar-refractivity contribution is 0.598. The molecular weight excluding hydrogens is 210 g/mol. The van der Waals surface area contributed by atoms with Gasteiger partial charge in [0.1, 0.15) is 5.58 Å². The second-order valence-corrected chi connectivity index (χ2v) is 4.15. The molecule has 0 saturated carbocycles. The molecule has 0 radical (unpaired) electrons. The van der Waals surface area contributed by atoms with Crippen LogP contribution in [-0.4, -0.2) is 6.54 Å². The average molecular weight is 227 g/mol. The van der Waals surface area contributed by atoms with Crippen molar-refractivity contribution < 1.29 is 4.42 Å². The van der Waals surface area contributed by atoms with E-state index in [4.69, 9.17) is 10.2 Å². The zero-order valence-electron chi connectivity index (χ0n) is 10.1. The lowest BCUT2D eigenvalue weighted by Crippen LogP contribution is -1.96. The Hall–Kier alpha value is -1.72. The van der Waals surface area contributed by atoms with Crippen LogP contribution in [0.25, 0.3) is 11.0 Å². The van der Waals surface area contributed by atoms with E-state index in [0.717, 1.165) is 48.1 Å². The van der Waals surface area contributed by atoms with E-state index in [1.165, 1.54) is 0 Å². The molecule has 0 aliphatic rings. The van der Waals surface area contributed by atoms with E-state index in [2.05, 4.69) is 11.8 Å². The van der Waals surface area contributed by atoms with Gasteiger partial charge in [-0.25, -0.2) is 0 Å². The number of hydrogen-bond donors (Lipinski definition) is 1. The molecule has 0 atom stereocenters. The summed E-state index contributed by atoms with van der Waals surface area (Å²) in [5.74, 6) is 6.93. The molecule has 1 aromatic carbocycles. The number of fused-ring (bicyclic) bond motifs is 1. The van der Waals surface area contributed by atoms with Crippen LogP contribution in [0.5, 0.6) is 0 Å². The van der Waals surface area contributed by atoms with Crippen molar-refractivity contribution in [2.24, 2.45) is 5.73 Å². The first-order valence-corrected chi connectivity index (χ1v) is 5.99. The standard InChI is InChI=1S/C15H17NO/c1-12-7-6-8-13-11-14(17-15(12)13)9-4-2-3-5-10-16/h6-8,11H,2-3,5,10,16H2,1H3. The molecule has 2 nitrogen and oxygen atoms in total. The third kappa shape index (κ3) is 2.89. The molecule has 2 heteroatoms. The highest BCUT2D eigenvalue weighted by Gasteiger charge is 2.02. The van der Waals surface area contributed by atoms with Gasteiger partial charge in [-0.1, -0.05) is 24.1 Å². The number of furan rings is 1. The first-order chi connectivity index (χ1) is 8.31. The second-order valence-electron chi connectivity index (χ2n) is 4.15. The minimum atomic E-state index is 0.742. The Morgan fingerprint density at radius 3 is 2.94 bits per heavy atom. The molecule has 2 aromatic rings. The Labute approximate surface area is 102 Å². The van der Waals surface area contributed by atoms with Gasteiger partial charge in [0.15, 0.2) is 5.76 Å². The van der Waals surface area contributed by atoms with Gasteiger partial charge in [-0.05, 0) is 37.8 Å². The number of unbranched alkanes of at least 4 members (excludes halogenated alkanes) is 2. The summed E-state index contributed by atoms with van der Waals surface area (Å²) >= 11 is 0. The summed E-state index contributed by atoms with van der Waals surface area (Å²) in [5.41, 5.74) is 7.52. The maximum atomic E-state index is 5.71. The maximum absolute atomic E-state index is 5.71. The lowest BCUT2D eigenvalue weighted by atomic mass is 10.2. The third-order valence-corrected chi connectivity index (χ3v) is 2.71. The molecule has 0 amide bonds. The minimum absolute atomic E-state index is 0.742. The van der Waals surface area contributed by atoms with E-state index in [-0.39, 0.29) is 0 Å². The van der Waals surface area contributed by atoms with E-state index in [0.29, 0.717) is 0 Å². The average Bonchev–Trinajstić information content (AvgIpc) is 2.73. The van der Waals surface area contributed by atoms with E-state index < -0.39 is 0 Å². The molecular formula is C15H17NO. The van der Waals surface area contributed by atoms with Crippen molar-refractivity contribution in [2.45, 2.75) is 26.2 Å². The molecule has 0 saturated heterocycles. The molecule has 0 fully saturated rings. The van der Waals surface area contributed by atoms with Crippen molar-refractivity contribution in [3.8, 4) is 11.8 Å². The fraction of sp³-hybridized carbons (Fsp3) is 0.333. The largest absolute Gasteiger partial charge is 0.447 e. The summed E-state index contributed by atoms with van der Waals surface area (Å²) in [7, 11) is 0. The van der Waals surface area contributed by atoms with Crippen molar-refractivity contribution in [1.82, 2.24) is 0 Å². The van der Waals surface area contributed by atoms with Crippen LogP contribution in [0.1, 0.15) is 30.6 Å². The Bertz CT molecular complexity index is 557. The van der Waals surface area contributed by atoms with E-state index in [1.54, 1.807) is 0 Å². The number of benzene rings is 1. The molecule has 1 heterocycles. The first kappa shape index (κ1) is 11.8. The maximum Gasteiger partial charge on any atom is 0.178 e. The minimum Gasteiger partial charge on any atom is -0.447 e. The van der Waals surface area contributed by atoms with E-state index in [9.17, 15) is 0 Å². The zero-order chi connectivity index (χ0) is 12.1. The molecule has 0 unspecified atom stereocenters. The third-order valence-electron chi connectivity index (χ3n) is 2.71. The SMILES string of the molecule is Cc1cccc2cc(C#CCCCCN)oc12. The number of rotatable bonds is 3. The zero-order valence-corrected chi connectivity index (χ0v) is 10.1. The summed E-state index contributed by atoms with van der Waals surface area (Å²) < 4.78 is 5.71. The molecule has 0 aliphatic carbocycles. The van der Waals surface area contributed by atoms with Gasteiger partial charge in [0.2, 0.25) is 0 Å². The van der Waals surface area contributed by atoms with Crippen molar-refractivity contribution in [1.29, 1.82) is 0 Å². The molecule has 0 spiro atoms. The van der Waals surface area contributed by atoms with Crippen LogP contribution < -0.4 is 5.73 Å². The van der Waals surface area contributed by atoms with Crippen LogP contribution in [0.2, 0.25) is 0 Å². The Morgan fingerprint density at radius 1 is 1.29 bits per heavy atom. The van der Waals surface area contributed by atoms with Crippen molar-refractivity contribution in [3.05, 3.63) is 35.6 Å².